The van der Waals surface area contributed by atoms with Gasteiger partial charge < -0.3 is 17.8 Å². The summed E-state index contributed by atoms with van der Waals surface area (Å²) in [6.45, 7) is 15.1. The number of nitrogens with zero attached hydrogens (tertiary/aromatic N) is 1. The van der Waals surface area contributed by atoms with Gasteiger partial charge in [-0.15, -0.1) is 0 Å². The van der Waals surface area contributed by atoms with E-state index in [4.69, 9.17) is 13.3 Å². The van der Waals surface area contributed by atoms with Crippen molar-refractivity contribution in [3.05, 3.63) is 0 Å². The van der Waals surface area contributed by atoms with E-state index in [9.17, 15) is 0 Å². The third-order valence-corrected chi connectivity index (χ3v) is 11.0. The molecule has 0 N–H and O–H groups in total. The molecule has 0 spiro atoms. The molecule has 212 valence electrons. The van der Waals surface area contributed by atoms with Crippen molar-refractivity contribution in [2.24, 2.45) is 0 Å². The highest BCUT2D eigenvalue weighted by atomic mass is 28.4. The fourth-order valence-corrected chi connectivity index (χ4v) is 7.87. The lowest BCUT2D eigenvalue weighted by atomic mass is 10.0. The molecule has 4 nitrogen and oxygen atoms in total. The first kappa shape index (κ1) is 35.1. The molecular weight excluding hydrogens is 450 g/mol. The minimum absolute atomic E-state index is 0.338. The largest absolute Gasteiger partial charge is 0.504 e. The van der Waals surface area contributed by atoms with Crippen LogP contribution in [0.1, 0.15) is 144 Å². The molecule has 0 amide bonds. The Balaban J connectivity index is 3.82. The zero-order valence-corrected chi connectivity index (χ0v) is 26.3. The van der Waals surface area contributed by atoms with Gasteiger partial charge in [0, 0.05) is 31.8 Å². The van der Waals surface area contributed by atoms with Gasteiger partial charge in [0.2, 0.25) is 0 Å². The summed E-state index contributed by atoms with van der Waals surface area (Å²) in [5.74, 6) is 0. The maximum Gasteiger partial charge on any atom is 0.504 e. The summed E-state index contributed by atoms with van der Waals surface area (Å²) >= 11 is 0. The Kier molecular flexibility index (Phi) is 23.2. The van der Waals surface area contributed by atoms with E-state index in [-0.39, 0.29) is 0 Å². The van der Waals surface area contributed by atoms with Gasteiger partial charge in [0.05, 0.1) is 27.2 Å². The van der Waals surface area contributed by atoms with Gasteiger partial charge in [0.15, 0.2) is 0 Å². The Morgan fingerprint density at radius 2 is 0.857 bits per heavy atom. The lowest BCUT2D eigenvalue weighted by Crippen LogP contribution is -2.51. The van der Waals surface area contributed by atoms with Crippen LogP contribution < -0.4 is 0 Å². The highest BCUT2D eigenvalue weighted by Crippen LogP contribution is 2.29. The van der Waals surface area contributed by atoms with Crippen molar-refractivity contribution in [1.82, 2.24) is 0 Å². The lowest BCUT2D eigenvalue weighted by molar-refractivity contribution is -0.890. The molecule has 1 atom stereocenters. The highest BCUT2D eigenvalue weighted by molar-refractivity contribution is 6.62. The molecule has 0 bridgehead atoms. The zero-order chi connectivity index (χ0) is 26.3. The van der Waals surface area contributed by atoms with Crippen LogP contribution >= 0.6 is 0 Å². The van der Waals surface area contributed by atoms with Crippen molar-refractivity contribution >= 4 is 8.80 Å². The van der Waals surface area contributed by atoms with E-state index in [1.165, 1.54) is 109 Å². The Labute approximate surface area is 222 Å². The first-order chi connectivity index (χ1) is 16.9. The van der Waals surface area contributed by atoms with E-state index in [0.717, 1.165) is 17.4 Å². The standard InChI is InChI=1S/C30H66NO3Si/c1-8-12-13-14-15-16-17-18-19-20-21-22-23-24-25-26-28-31(6,7)29-27-30(5)35(32-9-2,33-10-3)34-11-4/h30H,8-29H2,1-7H3/q+1. The second-order valence-corrected chi connectivity index (χ2v) is 14.3. The van der Waals surface area contributed by atoms with Crippen molar-refractivity contribution in [1.29, 1.82) is 0 Å². The predicted molar refractivity (Wildman–Crippen MR) is 156 cm³/mol. The van der Waals surface area contributed by atoms with Gasteiger partial charge in [0.1, 0.15) is 0 Å². The van der Waals surface area contributed by atoms with E-state index < -0.39 is 8.80 Å². The molecule has 0 aliphatic carbocycles. The molecule has 35 heavy (non-hydrogen) atoms. The number of quaternary nitrogens is 1. The molecular formula is C30H66NO3Si+. The second kappa shape index (κ2) is 23.2. The van der Waals surface area contributed by atoms with Crippen molar-refractivity contribution in [2.45, 2.75) is 149 Å². The van der Waals surface area contributed by atoms with Crippen molar-refractivity contribution in [3.8, 4) is 0 Å². The normalized spacial score (nSPS) is 13.5. The van der Waals surface area contributed by atoms with Crippen LogP contribution in [0.5, 0.6) is 0 Å². The molecule has 1 unspecified atom stereocenters. The van der Waals surface area contributed by atoms with E-state index in [1.54, 1.807) is 0 Å². The molecule has 0 radical (unpaired) electrons. The summed E-state index contributed by atoms with van der Waals surface area (Å²) in [5, 5.41) is 0. The van der Waals surface area contributed by atoms with Crippen LogP contribution in [0, 0.1) is 0 Å². The minimum Gasteiger partial charge on any atom is -0.374 e. The molecule has 0 aliphatic heterocycles. The van der Waals surface area contributed by atoms with Crippen molar-refractivity contribution in [2.75, 3.05) is 47.0 Å². The summed E-state index contributed by atoms with van der Waals surface area (Å²) in [5.41, 5.74) is 0.338. The third-order valence-electron chi connectivity index (χ3n) is 7.42. The number of hydrogen-bond donors (Lipinski definition) is 0. The van der Waals surface area contributed by atoms with E-state index >= 15 is 0 Å². The monoisotopic (exact) mass is 516 g/mol. The first-order valence-corrected chi connectivity index (χ1v) is 17.4. The summed E-state index contributed by atoms with van der Waals surface area (Å²) in [7, 11) is 2.17. The summed E-state index contributed by atoms with van der Waals surface area (Å²) in [4.78, 5) is 0. The first-order valence-electron chi connectivity index (χ1n) is 15.6. The maximum atomic E-state index is 6.12. The molecule has 0 saturated heterocycles. The fraction of sp³-hybridized carbons (Fsp3) is 1.00. The van der Waals surface area contributed by atoms with Gasteiger partial charge in [-0.25, -0.2) is 0 Å². The average molecular weight is 517 g/mol. The smallest absolute Gasteiger partial charge is 0.374 e. The number of rotatable bonds is 27. The van der Waals surface area contributed by atoms with Gasteiger partial charge >= 0.3 is 8.80 Å². The second-order valence-electron chi connectivity index (χ2n) is 11.3. The van der Waals surface area contributed by atoms with Crippen LogP contribution in [0.2, 0.25) is 5.54 Å². The van der Waals surface area contributed by atoms with Gasteiger partial charge in [-0.3, -0.25) is 0 Å². The lowest BCUT2D eigenvalue weighted by Gasteiger charge is -2.36. The zero-order valence-electron chi connectivity index (χ0n) is 25.3. The van der Waals surface area contributed by atoms with Crippen LogP contribution in [0.15, 0.2) is 0 Å². The summed E-state index contributed by atoms with van der Waals surface area (Å²) in [6, 6.07) is 0. The van der Waals surface area contributed by atoms with Gasteiger partial charge in [-0.2, -0.15) is 0 Å². The van der Waals surface area contributed by atoms with Crippen LogP contribution in [0.4, 0.5) is 0 Å². The highest BCUT2D eigenvalue weighted by Gasteiger charge is 2.47. The topological polar surface area (TPSA) is 27.7 Å². The van der Waals surface area contributed by atoms with Gasteiger partial charge in [-0.05, 0) is 33.6 Å². The Bertz CT molecular complexity index is 430. The molecule has 0 aromatic carbocycles. The summed E-state index contributed by atoms with van der Waals surface area (Å²) in [6.07, 6.45) is 24.0. The molecule has 0 saturated carbocycles. The summed E-state index contributed by atoms with van der Waals surface area (Å²) < 4.78 is 19.4. The molecule has 0 aromatic rings. The molecule has 0 aromatic heterocycles. The Morgan fingerprint density at radius 1 is 0.514 bits per heavy atom. The quantitative estimate of drug-likeness (QED) is 0.0618. The molecule has 0 aliphatic rings. The van der Waals surface area contributed by atoms with E-state index in [2.05, 4.69) is 27.9 Å². The van der Waals surface area contributed by atoms with Crippen LogP contribution in [0.25, 0.3) is 0 Å². The van der Waals surface area contributed by atoms with E-state index in [0.29, 0.717) is 25.4 Å². The minimum atomic E-state index is -2.59. The van der Waals surface area contributed by atoms with Crippen LogP contribution in [-0.2, 0) is 13.3 Å². The van der Waals surface area contributed by atoms with Crippen LogP contribution in [-0.4, -0.2) is 60.3 Å². The Morgan fingerprint density at radius 3 is 1.20 bits per heavy atom. The Hall–Kier alpha value is 0.0569. The van der Waals surface area contributed by atoms with Crippen LogP contribution in [0.3, 0.4) is 0 Å². The SMILES string of the molecule is CCCCCCCCCCCCCCCCCC[N+](C)(C)CCC(C)[Si](OCC)(OCC)OCC. The maximum absolute atomic E-state index is 6.12. The number of unbranched alkanes of at least 4 members (excludes halogenated alkanes) is 15. The predicted octanol–water partition coefficient (Wildman–Crippen LogP) is 9.15. The van der Waals surface area contributed by atoms with Crippen molar-refractivity contribution in [3.63, 3.8) is 0 Å². The molecule has 0 fully saturated rings. The fourth-order valence-electron chi connectivity index (χ4n) is 5.07. The molecule has 0 rings (SSSR count). The molecule has 0 heterocycles. The molecule has 5 heteroatoms. The average Bonchev–Trinajstić information content (AvgIpc) is 2.82. The van der Waals surface area contributed by atoms with Crippen molar-refractivity contribution < 1.29 is 17.8 Å². The van der Waals surface area contributed by atoms with E-state index in [1.807, 2.05) is 20.8 Å². The third kappa shape index (κ3) is 18.9. The number of hydrogen-bond acceptors (Lipinski definition) is 3. The van der Waals surface area contributed by atoms with Gasteiger partial charge in [-0.1, -0.05) is 104 Å². The van der Waals surface area contributed by atoms with Gasteiger partial charge in [0.25, 0.3) is 0 Å².